The lowest BCUT2D eigenvalue weighted by Crippen LogP contribution is -2.49. The number of nitrogens with two attached hydrogens (primary N) is 2. The maximum Gasteiger partial charge on any atom is 0.225 e. The van der Waals surface area contributed by atoms with Crippen LogP contribution in [0.1, 0.15) is 6.42 Å². The average molecular weight is 367 g/mol. The Morgan fingerprint density at radius 3 is 2.81 bits per heavy atom. The van der Waals surface area contributed by atoms with Gasteiger partial charge in [0, 0.05) is 13.1 Å². The number of aliphatic hydroxyl groups is 3. The number of nitrogen functional groups attached to an aromatic ring is 1. The largest absolute Gasteiger partial charge is 0.394 e. The van der Waals surface area contributed by atoms with Crippen LogP contribution < -0.4 is 16.8 Å². The van der Waals surface area contributed by atoms with Crippen molar-refractivity contribution in [1.29, 1.82) is 0 Å². The molecule has 1 aliphatic rings. The summed E-state index contributed by atoms with van der Waals surface area (Å²) in [5.41, 5.74) is 9.90. The number of nitrogens with zero attached hydrogens (tertiary/aromatic N) is 4. The monoisotopic (exact) mass is 367 g/mol. The van der Waals surface area contributed by atoms with Crippen LogP contribution >= 0.6 is 0 Å². The zero-order valence-electron chi connectivity index (χ0n) is 13.8. The van der Waals surface area contributed by atoms with Gasteiger partial charge in [-0.15, -0.1) is 0 Å². The fourth-order valence-electron chi connectivity index (χ4n) is 3.08. The van der Waals surface area contributed by atoms with Crippen molar-refractivity contribution in [3.05, 3.63) is 12.7 Å². The molecule has 8 N–H and O–H groups in total. The van der Waals surface area contributed by atoms with Gasteiger partial charge >= 0.3 is 0 Å². The lowest BCUT2D eigenvalue weighted by atomic mass is 9.98. The second kappa shape index (κ2) is 7.09. The summed E-state index contributed by atoms with van der Waals surface area (Å²) in [6, 6.07) is 0. The van der Waals surface area contributed by atoms with Crippen LogP contribution in [0.3, 0.4) is 0 Å². The van der Waals surface area contributed by atoms with Gasteiger partial charge in [-0.1, -0.05) is 0 Å². The Bertz CT molecular complexity index is 799. The first-order chi connectivity index (χ1) is 12.4. The molecule has 4 atom stereocenters. The summed E-state index contributed by atoms with van der Waals surface area (Å²) in [6.45, 7) is -0.0766. The van der Waals surface area contributed by atoms with Crippen LogP contribution in [0.4, 0.5) is 5.82 Å². The van der Waals surface area contributed by atoms with Crippen LogP contribution in [0.5, 0.6) is 0 Å². The summed E-state index contributed by atoms with van der Waals surface area (Å²) in [5, 5.41) is 32.9. The third-order valence-electron chi connectivity index (χ3n) is 4.35. The molecule has 3 heterocycles. The fourth-order valence-corrected chi connectivity index (χ4v) is 3.08. The number of hydrogen-bond donors (Lipinski definition) is 6. The highest BCUT2D eigenvalue weighted by Crippen LogP contribution is 2.40. The minimum atomic E-state index is -1.74. The van der Waals surface area contributed by atoms with Gasteiger partial charge in [0.25, 0.3) is 0 Å². The summed E-state index contributed by atoms with van der Waals surface area (Å²) in [4.78, 5) is 24.4. The van der Waals surface area contributed by atoms with Crippen molar-refractivity contribution in [3.63, 3.8) is 0 Å². The molecule has 12 nitrogen and oxygen atoms in total. The van der Waals surface area contributed by atoms with E-state index < -0.39 is 36.6 Å². The number of fused-ring (bicyclic) bond motifs is 1. The number of rotatable bonds is 6. The van der Waals surface area contributed by atoms with Crippen LogP contribution in [0, 0.1) is 0 Å². The van der Waals surface area contributed by atoms with Gasteiger partial charge in [-0.2, -0.15) is 0 Å². The lowest BCUT2D eigenvalue weighted by molar-refractivity contribution is -0.161. The molecule has 0 unspecified atom stereocenters. The quantitative estimate of drug-likeness (QED) is 0.300. The second-order valence-electron chi connectivity index (χ2n) is 5.98. The van der Waals surface area contributed by atoms with E-state index in [4.69, 9.17) is 16.2 Å². The van der Waals surface area contributed by atoms with Crippen molar-refractivity contribution in [2.75, 3.05) is 25.4 Å². The fraction of sp³-hybridized carbons (Fsp3) is 0.571. The standard InChI is InChI=1S/C14H21N7O5/c15-1-2-17-8(23)3-14(11(25)10(24)7(4-22)26-14)21-6-20-9-12(16)18-5-19-13(9)21/h5-7,10-11,22,24-25H,1-4,15H2,(H,17,23)(H2,16,18,19)/t7-,10-,11-,14-/m1/s1. The van der Waals surface area contributed by atoms with Crippen LogP contribution in [-0.2, 0) is 15.3 Å². The van der Waals surface area contributed by atoms with Crippen molar-refractivity contribution >= 4 is 22.9 Å². The molecular weight excluding hydrogens is 346 g/mol. The molecule has 0 saturated carbocycles. The third kappa shape index (κ3) is 2.87. The molecule has 142 valence electrons. The number of anilines is 1. The molecule has 12 heteroatoms. The molecule has 3 rings (SSSR count). The highest BCUT2D eigenvalue weighted by atomic mass is 16.6. The molecule has 0 radical (unpaired) electrons. The first-order valence-corrected chi connectivity index (χ1v) is 8.00. The Morgan fingerprint density at radius 2 is 2.15 bits per heavy atom. The predicted octanol–water partition coefficient (Wildman–Crippen LogP) is -3.36. The van der Waals surface area contributed by atoms with Gasteiger partial charge in [0.15, 0.2) is 17.2 Å². The van der Waals surface area contributed by atoms with Crippen molar-refractivity contribution in [3.8, 4) is 0 Å². The number of carbonyl (C=O) groups excluding carboxylic acids is 1. The van der Waals surface area contributed by atoms with Crippen LogP contribution in [0.2, 0.25) is 0 Å². The minimum Gasteiger partial charge on any atom is -0.394 e. The van der Waals surface area contributed by atoms with Crippen LogP contribution in [0.15, 0.2) is 12.7 Å². The van der Waals surface area contributed by atoms with E-state index in [0.29, 0.717) is 0 Å². The molecular formula is C14H21N7O5. The van der Waals surface area contributed by atoms with E-state index in [1.54, 1.807) is 0 Å². The zero-order chi connectivity index (χ0) is 18.9. The molecule has 1 aliphatic heterocycles. The summed E-state index contributed by atoms with van der Waals surface area (Å²) in [6.07, 6.45) is -1.90. The summed E-state index contributed by atoms with van der Waals surface area (Å²) in [5.74, 6) is -0.354. The zero-order valence-corrected chi connectivity index (χ0v) is 13.8. The van der Waals surface area contributed by atoms with Crippen molar-refractivity contribution in [2.45, 2.75) is 30.5 Å². The van der Waals surface area contributed by atoms with Crippen molar-refractivity contribution < 1.29 is 24.9 Å². The highest BCUT2D eigenvalue weighted by Gasteiger charge is 2.57. The van der Waals surface area contributed by atoms with E-state index >= 15 is 0 Å². The molecule has 0 aromatic carbocycles. The Morgan fingerprint density at radius 1 is 1.38 bits per heavy atom. The van der Waals surface area contributed by atoms with Gasteiger partial charge in [-0.3, -0.25) is 9.36 Å². The van der Waals surface area contributed by atoms with Crippen LogP contribution in [0.25, 0.3) is 11.2 Å². The molecule has 0 spiro atoms. The van der Waals surface area contributed by atoms with Gasteiger partial charge in [-0.25, -0.2) is 15.0 Å². The molecule has 0 aliphatic carbocycles. The number of ether oxygens (including phenoxy) is 1. The number of nitrogens with one attached hydrogen (secondary N) is 1. The summed E-state index contributed by atoms with van der Waals surface area (Å²) in [7, 11) is 0. The number of aliphatic hydroxyl groups excluding tert-OH is 3. The maximum absolute atomic E-state index is 12.3. The highest BCUT2D eigenvalue weighted by molar-refractivity contribution is 5.82. The molecule has 1 saturated heterocycles. The van der Waals surface area contributed by atoms with E-state index in [2.05, 4.69) is 20.3 Å². The molecule has 2 aromatic heterocycles. The number of amides is 1. The van der Waals surface area contributed by atoms with E-state index in [0.717, 1.165) is 0 Å². The Hall–Kier alpha value is -2.38. The Kier molecular flexibility index (Phi) is 5.02. The third-order valence-corrected chi connectivity index (χ3v) is 4.35. The number of aromatic nitrogens is 4. The molecule has 1 fully saturated rings. The van der Waals surface area contributed by atoms with Gasteiger partial charge in [-0.05, 0) is 0 Å². The van der Waals surface area contributed by atoms with E-state index in [-0.39, 0.29) is 36.5 Å². The molecule has 26 heavy (non-hydrogen) atoms. The average Bonchev–Trinajstić information content (AvgIpc) is 3.17. The summed E-state index contributed by atoms with van der Waals surface area (Å²) >= 11 is 0. The minimum absolute atomic E-state index is 0.114. The van der Waals surface area contributed by atoms with Crippen LogP contribution in [-0.4, -0.2) is 78.8 Å². The maximum atomic E-state index is 12.3. The SMILES string of the molecule is NCCNC(=O)C[C@@]1(n2cnc3c(N)ncnc32)O[C@H](CO)[C@@H](O)[C@H]1O. The first kappa shape index (κ1) is 18.4. The normalized spacial score (nSPS) is 28.5. The van der Waals surface area contributed by atoms with E-state index in [1.807, 2.05) is 0 Å². The van der Waals surface area contributed by atoms with Gasteiger partial charge < -0.3 is 36.8 Å². The predicted molar refractivity (Wildman–Crippen MR) is 88.4 cm³/mol. The number of hydrogen-bond acceptors (Lipinski definition) is 10. The smallest absolute Gasteiger partial charge is 0.225 e. The molecule has 0 bridgehead atoms. The van der Waals surface area contributed by atoms with Gasteiger partial charge in [0.05, 0.1) is 19.4 Å². The lowest BCUT2D eigenvalue weighted by Gasteiger charge is -2.33. The molecule has 2 aromatic rings. The van der Waals surface area contributed by atoms with Crippen molar-refractivity contribution in [1.82, 2.24) is 24.8 Å². The van der Waals surface area contributed by atoms with Gasteiger partial charge in [0.2, 0.25) is 5.91 Å². The Labute approximate surface area is 147 Å². The van der Waals surface area contributed by atoms with Gasteiger partial charge in [0.1, 0.15) is 30.2 Å². The first-order valence-electron chi connectivity index (χ1n) is 8.00. The number of carbonyl (C=O) groups is 1. The topological polar surface area (TPSA) is 195 Å². The Balaban J connectivity index is 2.08. The van der Waals surface area contributed by atoms with E-state index in [9.17, 15) is 20.1 Å². The summed E-state index contributed by atoms with van der Waals surface area (Å²) < 4.78 is 7.07. The van der Waals surface area contributed by atoms with E-state index in [1.165, 1.54) is 17.2 Å². The molecule has 1 amide bonds. The number of imidazole rings is 1. The second-order valence-corrected chi connectivity index (χ2v) is 5.98. The van der Waals surface area contributed by atoms with Crippen molar-refractivity contribution in [2.24, 2.45) is 5.73 Å².